The summed E-state index contributed by atoms with van der Waals surface area (Å²) < 4.78 is 2.35. The molecule has 1 aliphatic carbocycles. The second-order valence-electron chi connectivity index (χ2n) is 5.56. The molecule has 0 bridgehead atoms. The van der Waals surface area contributed by atoms with Crippen LogP contribution >= 0.6 is 0 Å². The lowest BCUT2D eigenvalue weighted by molar-refractivity contribution is 0.355. The number of hydrogen-bond acceptors (Lipinski definition) is 2. The second-order valence-corrected chi connectivity index (χ2v) is 5.56. The van der Waals surface area contributed by atoms with Gasteiger partial charge in [0.25, 0.3) is 0 Å². The molecule has 17 heavy (non-hydrogen) atoms. The maximum atomic E-state index is 4.44. The summed E-state index contributed by atoms with van der Waals surface area (Å²) in [6.45, 7) is 5.55. The van der Waals surface area contributed by atoms with E-state index in [4.69, 9.17) is 0 Å². The van der Waals surface area contributed by atoms with E-state index in [0.717, 1.165) is 18.4 Å². The highest BCUT2D eigenvalue weighted by Gasteiger charge is 2.17. The molecule has 0 atom stereocenters. The highest BCUT2D eigenvalue weighted by Crippen LogP contribution is 2.30. The molecule has 1 fully saturated rings. The quantitative estimate of drug-likeness (QED) is 0.840. The van der Waals surface area contributed by atoms with Gasteiger partial charge in [-0.05, 0) is 25.2 Å². The van der Waals surface area contributed by atoms with E-state index in [2.05, 4.69) is 34.9 Å². The standard InChI is InChI=1S/C14H25N3/c1-12(2)8-9-15-14-16-10-11-17(14)13-6-4-3-5-7-13/h10-13H,3-9H2,1-2H3,(H,15,16). The largest absolute Gasteiger partial charge is 0.356 e. The Balaban J connectivity index is 1.91. The minimum absolute atomic E-state index is 0.674. The molecule has 3 nitrogen and oxygen atoms in total. The third-order valence-electron chi connectivity index (χ3n) is 3.64. The van der Waals surface area contributed by atoms with Gasteiger partial charge in [0.15, 0.2) is 0 Å². The zero-order valence-corrected chi connectivity index (χ0v) is 11.2. The Kier molecular flexibility index (Phi) is 4.46. The maximum Gasteiger partial charge on any atom is 0.203 e. The summed E-state index contributed by atoms with van der Waals surface area (Å²) >= 11 is 0. The molecule has 1 aromatic heterocycles. The molecule has 1 aliphatic rings. The number of anilines is 1. The Morgan fingerprint density at radius 2 is 2.12 bits per heavy atom. The van der Waals surface area contributed by atoms with Crippen LogP contribution in [0.3, 0.4) is 0 Å². The molecule has 0 unspecified atom stereocenters. The van der Waals surface area contributed by atoms with E-state index in [9.17, 15) is 0 Å². The number of aromatic nitrogens is 2. The summed E-state index contributed by atoms with van der Waals surface area (Å²) in [7, 11) is 0. The van der Waals surface area contributed by atoms with Gasteiger partial charge in [-0.1, -0.05) is 33.1 Å². The fourth-order valence-corrected chi connectivity index (χ4v) is 2.58. The van der Waals surface area contributed by atoms with Crippen LogP contribution in [-0.4, -0.2) is 16.1 Å². The number of rotatable bonds is 5. The highest BCUT2D eigenvalue weighted by molar-refractivity contribution is 5.26. The monoisotopic (exact) mass is 235 g/mol. The van der Waals surface area contributed by atoms with Crippen LogP contribution < -0.4 is 5.32 Å². The fraction of sp³-hybridized carbons (Fsp3) is 0.786. The molecular formula is C14H25N3. The number of nitrogens with zero attached hydrogens (tertiary/aromatic N) is 2. The van der Waals surface area contributed by atoms with E-state index >= 15 is 0 Å². The summed E-state index contributed by atoms with van der Waals surface area (Å²) in [5.41, 5.74) is 0. The lowest BCUT2D eigenvalue weighted by Crippen LogP contribution is -2.16. The maximum absolute atomic E-state index is 4.44. The number of imidazole rings is 1. The molecule has 0 aromatic carbocycles. The van der Waals surface area contributed by atoms with Crippen LogP contribution in [0.4, 0.5) is 5.95 Å². The molecule has 1 saturated carbocycles. The number of hydrogen-bond donors (Lipinski definition) is 1. The zero-order chi connectivity index (χ0) is 12.1. The molecular weight excluding hydrogens is 210 g/mol. The van der Waals surface area contributed by atoms with Gasteiger partial charge < -0.3 is 9.88 Å². The third-order valence-corrected chi connectivity index (χ3v) is 3.64. The van der Waals surface area contributed by atoms with Gasteiger partial charge in [0, 0.05) is 25.0 Å². The molecule has 1 heterocycles. The van der Waals surface area contributed by atoms with Crippen molar-refractivity contribution in [2.75, 3.05) is 11.9 Å². The van der Waals surface area contributed by atoms with Crippen LogP contribution in [0.5, 0.6) is 0 Å². The van der Waals surface area contributed by atoms with E-state index in [1.807, 2.05) is 6.20 Å². The Labute approximate surface area is 105 Å². The Morgan fingerprint density at radius 3 is 2.82 bits per heavy atom. The van der Waals surface area contributed by atoms with Crippen LogP contribution in [0.1, 0.15) is 58.4 Å². The van der Waals surface area contributed by atoms with E-state index in [1.54, 1.807) is 0 Å². The zero-order valence-electron chi connectivity index (χ0n) is 11.2. The first-order chi connectivity index (χ1) is 8.27. The van der Waals surface area contributed by atoms with E-state index in [1.165, 1.54) is 38.5 Å². The minimum Gasteiger partial charge on any atom is -0.356 e. The van der Waals surface area contributed by atoms with Gasteiger partial charge >= 0.3 is 0 Å². The van der Waals surface area contributed by atoms with E-state index in [-0.39, 0.29) is 0 Å². The molecule has 2 rings (SSSR count). The average Bonchev–Trinajstić information content (AvgIpc) is 2.78. The van der Waals surface area contributed by atoms with Gasteiger partial charge in [-0.2, -0.15) is 0 Å². The normalized spacial score (nSPS) is 17.6. The third kappa shape index (κ3) is 3.48. The second kappa shape index (κ2) is 6.08. The van der Waals surface area contributed by atoms with Crippen molar-refractivity contribution in [1.82, 2.24) is 9.55 Å². The summed E-state index contributed by atoms with van der Waals surface area (Å²) in [6.07, 6.45) is 12.0. The van der Waals surface area contributed by atoms with Crippen molar-refractivity contribution in [3.8, 4) is 0 Å². The van der Waals surface area contributed by atoms with Crippen molar-refractivity contribution in [3.05, 3.63) is 12.4 Å². The molecule has 0 aliphatic heterocycles. The SMILES string of the molecule is CC(C)CCNc1nccn1C1CCCCC1. The van der Waals surface area contributed by atoms with Crippen LogP contribution in [0, 0.1) is 5.92 Å². The molecule has 1 N–H and O–H groups in total. The van der Waals surface area contributed by atoms with Crippen LogP contribution in [0.2, 0.25) is 0 Å². The van der Waals surface area contributed by atoms with Crippen molar-refractivity contribution in [2.24, 2.45) is 5.92 Å². The van der Waals surface area contributed by atoms with Crippen molar-refractivity contribution in [1.29, 1.82) is 0 Å². The summed E-state index contributed by atoms with van der Waals surface area (Å²) in [4.78, 5) is 4.44. The van der Waals surface area contributed by atoms with E-state index in [0.29, 0.717) is 6.04 Å². The lowest BCUT2D eigenvalue weighted by Gasteiger charge is -2.24. The highest BCUT2D eigenvalue weighted by atomic mass is 15.2. The lowest BCUT2D eigenvalue weighted by atomic mass is 9.95. The van der Waals surface area contributed by atoms with Crippen molar-refractivity contribution >= 4 is 5.95 Å². The average molecular weight is 235 g/mol. The van der Waals surface area contributed by atoms with Crippen LogP contribution in [0.25, 0.3) is 0 Å². The van der Waals surface area contributed by atoms with Gasteiger partial charge in [0.2, 0.25) is 5.95 Å². The number of nitrogens with one attached hydrogen (secondary N) is 1. The Morgan fingerprint density at radius 1 is 1.35 bits per heavy atom. The molecule has 1 aromatic rings. The predicted molar refractivity (Wildman–Crippen MR) is 72.3 cm³/mol. The van der Waals surface area contributed by atoms with Gasteiger partial charge in [-0.15, -0.1) is 0 Å². The molecule has 96 valence electrons. The summed E-state index contributed by atoms with van der Waals surface area (Å²) in [5, 5.41) is 3.47. The first kappa shape index (κ1) is 12.5. The molecule has 0 amide bonds. The minimum atomic E-state index is 0.674. The van der Waals surface area contributed by atoms with Gasteiger partial charge in [-0.25, -0.2) is 4.98 Å². The predicted octanol–water partition coefficient (Wildman–Crippen LogP) is 3.85. The fourth-order valence-electron chi connectivity index (χ4n) is 2.58. The van der Waals surface area contributed by atoms with Crippen molar-refractivity contribution in [3.63, 3.8) is 0 Å². The van der Waals surface area contributed by atoms with Gasteiger partial charge in [0.05, 0.1) is 0 Å². The summed E-state index contributed by atoms with van der Waals surface area (Å²) in [6, 6.07) is 0.674. The van der Waals surface area contributed by atoms with Gasteiger partial charge in [-0.3, -0.25) is 0 Å². The smallest absolute Gasteiger partial charge is 0.203 e. The molecule has 3 heteroatoms. The van der Waals surface area contributed by atoms with Crippen molar-refractivity contribution < 1.29 is 0 Å². The Hall–Kier alpha value is -0.990. The van der Waals surface area contributed by atoms with Crippen molar-refractivity contribution in [2.45, 2.75) is 58.4 Å². The molecule has 0 saturated heterocycles. The first-order valence-corrected chi connectivity index (χ1v) is 7.04. The van der Waals surface area contributed by atoms with Crippen LogP contribution in [0.15, 0.2) is 12.4 Å². The molecule has 0 radical (unpaired) electrons. The topological polar surface area (TPSA) is 29.9 Å². The van der Waals surface area contributed by atoms with E-state index < -0.39 is 0 Å². The molecule has 0 spiro atoms. The first-order valence-electron chi connectivity index (χ1n) is 7.04. The Bertz CT molecular complexity index is 324. The van der Waals surface area contributed by atoms with Crippen LogP contribution in [-0.2, 0) is 0 Å². The van der Waals surface area contributed by atoms with Gasteiger partial charge in [0.1, 0.15) is 0 Å². The summed E-state index contributed by atoms with van der Waals surface area (Å²) in [5.74, 6) is 1.82.